The number of imidazole rings is 1. The first-order valence-corrected chi connectivity index (χ1v) is 7.14. The molecule has 0 amide bonds. The minimum absolute atomic E-state index is 0.653. The first-order chi connectivity index (χ1) is 10.8. The predicted octanol–water partition coefficient (Wildman–Crippen LogP) is 0.955. The Morgan fingerprint density at radius 2 is 1.86 bits per heavy atom. The van der Waals surface area contributed by atoms with E-state index in [2.05, 4.69) is 34.8 Å². The zero-order chi connectivity index (χ0) is 14.9. The third-order valence-electron chi connectivity index (χ3n) is 3.60. The van der Waals surface area contributed by atoms with Gasteiger partial charge in [0.05, 0.1) is 19.5 Å². The lowest BCUT2D eigenvalue weighted by molar-refractivity contribution is 0.122. The second kappa shape index (κ2) is 5.30. The quantitative estimate of drug-likeness (QED) is 0.753. The first kappa shape index (κ1) is 13.1. The van der Waals surface area contributed by atoms with Crippen LogP contribution < -0.4 is 4.90 Å². The number of hydrogen-bond acceptors (Lipinski definition) is 7. The Kier molecular flexibility index (Phi) is 3.15. The third-order valence-corrected chi connectivity index (χ3v) is 3.60. The lowest BCUT2D eigenvalue weighted by Crippen LogP contribution is -2.37. The average Bonchev–Trinajstić information content (AvgIpc) is 3.03. The lowest BCUT2D eigenvalue weighted by atomic mass is 10.2. The van der Waals surface area contributed by atoms with Gasteiger partial charge in [-0.25, -0.2) is 24.9 Å². The number of aromatic nitrogens is 6. The fraction of sp³-hybridized carbons (Fsp3) is 0.357. The van der Waals surface area contributed by atoms with E-state index in [1.807, 2.05) is 6.92 Å². The summed E-state index contributed by atoms with van der Waals surface area (Å²) in [5.74, 6) is 1.39. The van der Waals surface area contributed by atoms with Gasteiger partial charge in [0.15, 0.2) is 5.65 Å². The summed E-state index contributed by atoms with van der Waals surface area (Å²) in [5.41, 5.74) is 3.07. The number of aryl methyl sites for hydroxylation is 1. The summed E-state index contributed by atoms with van der Waals surface area (Å²) in [6.07, 6.45) is 5.20. The molecule has 8 heteroatoms. The number of ether oxygens (including phenoxy) is 1. The van der Waals surface area contributed by atoms with Gasteiger partial charge in [0.25, 0.3) is 0 Å². The number of fused-ring (bicyclic) bond motifs is 1. The van der Waals surface area contributed by atoms with Crippen molar-refractivity contribution in [3.63, 3.8) is 0 Å². The Bertz CT molecular complexity index is 793. The summed E-state index contributed by atoms with van der Waals surface area (Å²) in [4.78, 5) is 27.1. The van der Waals surface area contributed by atoms with Gasteiger partial charge < -0.3 is 14.6 Å². The molecular formula is C14H15N7O. The molecule has 3 aromatic heterocycles. The van der Waals surface area contributed by atoms with Crippen molar-refractivity contribution in [3.05, 3.63) is 24.5 Å². The Morgan fingerprint density at radius 1 is 1.09 bits per heavy atom. The highest BCUT2D eigenvalue weighted by Gasteiger charge is 2.15. The molecule has 3 aromatic rings. The van der Waals surface area contributed by atoms with Crippen LogP contribution in [0.15, 0.2) is 18.7 Å². The maximum absolute atomic E-state index is 5.34. The Labute approximate surface area is 126 Å². The van der Waals surface area contributed by atoms with E-state index in [9.17, 15) is 0 Å². The molecule has 0 spiro atoms. The van der Waals surface area contributed by atoms with Gasteiger partial charge in [-0.3, -0.25) is 0 Å². The van der Waals surface area contributed by atoms with E-state index < -0.39 is 0 Å². The van der Waals surface area contributed by atoms with E-state index in [4.69, 9.17) is 4.74 Å². The first-order valence-electron chi connectivity index (χ1n) is 7.14. The van der Waals surface area contributed by atoms with Gasteiger partial charge >= 0.3 is 0 Å². The number of nitrogens with one attached hydrogen (secondary N) is 1. The van der Waals surface area contributed by atoms with E-state index in [1.165, 1.54) is 0 Å². The molecule has 1 saturated heterocycles. The molecule has 0 aliphatic carbocycles. The van der Waals surface area contributed by atoms with Crippen molar-refractivity contribution >= 4 is 17.1 Å². The number of rotatable bonds is 2. The number of anilines is 1. The van der Waals surface area contributed by atoms with Crippen LogP contribution in [0.3, 0.4) is 0 Å². The minimum Gasteiger partial charge on any atom is -0.378 e. The monoisotopic (exact) mass is 297 g/mol. The molecule has 1 aliphatic heterocycles. The van der Waals surface area contributed by atoms with Crippen LogP contribution in [0.4, 0.5) is 5.95 Å². The van der Waals surface area contributed by atoms with Crippen LogP contribution in [0.25, 0.3) is 22.4 Å². The van der Waals surface area contributed by atoms with Gasteiger partial charge in [0.2, 0.25) is 5.95 Å². The molecule has 1 N–H and O–H groups in total. The van der Waals surface area contributed by atoms with E-state index in [0.29, 0.717) is 24.7 Å². The highest BCUT2D eigenvalue weighted by molar-refractivity contribution is 5.86. The molecule has 0 radical (unpaired) electrons. The van der Waals surface area contributed by atoms with E-state index in [-0.39, 0.29) is 0 Å². The Morgan fingerprint density at radius 3 is 2.64 bits per heavy atom. The van der Waals surface area contributed by atoms with E-state index in [1.54, 1.807) is 18.7 Å². The van der Waals surface area contributed by atoms with Gasteiger partial charge in [0.1, 0.15) is 17.0 Å². The molecule has 0 saturated carbocycles. The van der Waals surface area contributed by atoms with Crippen molar-refractivity contribution < 1.29 is 4.74 Å². The summed E-state index contributed by atoms with van der Waals surface area (Å²) in [6, 6.07) is 0. The van der Waals surface area contributed by atoms with Crippen LogP contribution in [-0.4, -0.2) is 56.2 Å². The van der Waals surface area contributed by atoms with Gasteiger partial charge in [-0.1, -0.05) is 0 Å². The molecule has 4 rings (SSSR count). The van der Waals surface area contributed by atoms with Crippen LogP contribution in [0, 0.1) is 6.92 Å². The molecule has 0 atom stereocenters. The van der Waals surface area contributed by atoms with Crippen molar-refractivity contribution in [2.24, 2.45) is 0 Å². The summed E-state index contributed by atoms with van der Waals surface area (Å²) in [6.45, 7) is 4.91. The topological polar surface area (TPSA) is 92.7 Å². The third kappa shape index (κ3) is 2.27. The summed E-state index contributed by atoms with van der Waals surface area (Å²) < 4.78 is 5.34. The molecule has 0 bridgehead atoms. The molecular weight excluding hydrogens is 282 g/mol. The summed E-state index contributed by atoms with van der Waals surface area (Å²) in [5, 5.41) is 0. The van der Waals surface area contributed by atoms with Gasteiger partial charge in [-0.05, 0) is 6.92 Å². The van der Waals surface area contributed by atoms with Crippen molar-refractivity contribution in [3.8, 4) is 11.3 Å². The largest absolute Gasteiger partial charge is 0.378 e. The second-order valence-electron chi connectivity index (χ2n) is 5.09. The van der Waals surface area contributed by atoms with Crippen LogP contribution in [-0.2, 0) is 4.74 Å². The fourth-order valence-corrected chi connectivity index (χ4v) is 2.52. The molecule has 1 aliphatic rings. The van der Waals surface area contributed by atoms with Crippen molar-refractivity contribution in [1.29, 1.82) is 0 Å². The van der Waals surface area contributed by atoms with E-state index >= 15 is 0 Å². The highest BCUT2D eigenvalue weighted by Crippen LogP contribution is 2.23. The van der Waals surface area contributed by atoms with Crippen LogP contribution in [0.5, 0.6) is 0 Å². The fourth-order valence-electron chi connectivity index (χ4n) is 2.52. The lowest BCUT2D eigenvalue weighted by Gasteiger charge is -2.26. The van der Waals surface area contributed by atoms with Crippen molar-refractivity contribution in [1.82, 2.24) is 29.9 Å². The number of H-pyrrole nitrogens is 1. The molecule has 0 unspecified atom stereocenters. The zero-order valence-electron chi connectivity index (χ0n) is 12.2. The molecule has 4 heterocycles. The molecule has 22 heavy (non-hydrogen) atoms. The normalized spacial score (nSPS) is 15.4. The molecule has 8 nitrogen and oxygen atoms in total. The maximum atomic E-state index is 5.34. The van der Waals surface area contributed by atoms with Crippen molar-refractivity contribution in [2.45, 2.75) is 6.92 Å². The van der Waals surface area contributed by atoms with Crippen molar-refractivity contribution in [2.75, 3.05) is 31.2 Å². The highest BCUT2D eigenvalue weighted by atomic mass is 16.5. The Balaban J connectivity index is 1.71. The average molecular weight is 297 g/mol. The molecule has 1 fully saturated rings. The smallest absolute Gasteiger partial charge is 0.225 e. The second-order valence-corrected chi connectivity index (χ2v) is 5.09. The van der Waals surface area contributed by atoms with Gasteiger partial charge in [-0.15, -0.1) is 0 Å². The predicted molar refractivity (Wildman–Crippen MR) is 80.5 cm³/mol. The molecule has 0 aromatic carbocycles. The minimum atomic E-state index is 0.653. The van der Waals surface area contributed by atoms with E-state index in [0.717, 1.165) is 35.8 Å². The maximum Gasteiger partial charge on any atom is 0.225 e. The van der Waals surface area contributed by atoms with Crippen LogP contribution in [0.2, 0.25) is 0 Å². The zero-order valence-corrected chi connectivity index (χ0v) is 12.2. The summed E-state index contributed by atoms with van der Waals surface area (Å²) in [7, 11) is 0. The van der Waals surface area contributed by atoms with Gasteiger partial charge in [-0.2, -0.15) is 0 Å². The summed E-state index contributed by atoms with van der Waals surface area (Å²) >= 11 is 0. The van der Waals surface area contributed by atoms with Crippen LogP contribution >= 0.6 is 0 Å². The molecule has 112 valence electrons. The number of hydrogen-bond donors (Lipinski definition) is 1. The van der Waals surface area contributed by atoms with Crippen LogP contribution in [0.1, 0.15) is 5.82 Å². The number of nitrogens with zero attached hydrogens (tertiary/aromatic N) is 6. The van der Waals surface area contributed by atoms with Gasteiger partial charge in [0, 0.05) is 31.0 Å². The SMILES string of the molecule is Cc1nc(-c2cnc(N3CCOCC3)nc2)c2[nH]cnc2n1. The number of morpholine rings is 1. The Hall–Kier alpha value is -2.61. The number of aromatic amines is 1. The standard InChI is InChI=1S/C14H15N7O/c1-9-19-11(12-13(20-9)18-8-17-12)10-6-15-14(16-7-10)21-2-4-22-5-3-21/h6-8H,2-5H2,1H3,(H,17,18,19,20).